The number of anilines is 3. The molecular formula is C23H40N6O. The Hall–Kier alpha value is -1.76. The first-order chi connectivity index (χ1) is 14.7. The van der Waals surface area contributed by atoms with Crippen molar-refractivity contribution in [1.29, 1.82) is 0 Å². The van der Waals surface area contributed by atoms with E-state index in [0.717, 1.165) is 49.5 Å². The van der Waals surface area contributed by atoms with Gasteiger partial charge in [-0.15, -0.1) is 0 Å². The van der Waals surface area contributed by atoms with Gasteiger partial charge in [-0.05, 0) is 64.0 Å². The number of nitrogen functional groups attached to an aromatic ring is 1. The van der Waals surface area contributed by atoms with Gasteiger partial charge >= 0.3 is 6.01 Å². The van der Waals surface area contributed by atoms with E-state index in [-0.39, 0.29) is 0 Å². The summed E-state index contributed by atoms with van der Waals surface area (Å²) in [6.45, 7) is 7.17. The highest BCUT2D eigenvalue weighted by molar-refractivity contribution is 5.80. The minimum atomic E-state index is 0.406. The predicted octanol–water partition coefficient (Wildman–Crippen LogP) is 4.25. The van der Waals surface area contributed by atoms with Crippen LogP contribution in [-0.4, -0.2) is 53.8 Å². The Morgan fingerprint density at radius 3 is 2.63 bits per heavy atom. The lowest BCUT2D eigenvalue weighted by molar-refractivity contribution is 0.104. The Labute approximate surface area is 181 Å². The van der Waals surface area contributed by atoms with Gasteiger partial charge in [-0.2, -0.15) is 9.97 Å². The first-order valence-corrected chi connectivity index (χ1v) is 12.3. The zero-order valence-electron chi connectivity index (χ0n) is 18.7. The zero-order chi connectivity index (χ0) is 20.8. The molecule has 7 nitrogen and oxygen atoms in total. The number of likely N-dealkylation sites (tertiary alicyclic amines) is 1. The van der Waals surface area contributed by atoms with Gasteiger partial charge in [0.05, 0.1) is 13.3 Å². The molecule has 1 saturated heterocycles. The highest BCUT2D eigenvalue weighted by atomic mass is 16.5. The largest absolute Gasteiger partial charge is 0.463 e. The van der Waals surface area contributed by atoms with E-state index < -0.39 is 0 Å². The third-order valence-electron chi connectivity index (χ3n) is 7.15. The Bertz CT molecular complexity index is 670. The molecule has 168 valence electrons. The molecule has 0 aromatic carbocycles. The van der Waals surface area contributed by atoms with Gasteiger partial charge in [-0.3, -0.25) is 0 Å². The molecule has 0 radical (unpaired) electrons. The fourth-order valence-corrected chi connectivity index (χ4v) is 5.27. The van der Waals surface area contributed by atoms with Crippen LogP contribution in [0.2, 0.25) is 0 Å². The molecule has 7 heteroatoms. The number of fused-ring (bicyclic) bond motifs is 1. The monoisotopic (exact) mass is 416 g/mol. The van der Waals surface area contributed by atoms with Crippen LogP contribution in [0.4, 0.5) is 17.3 Å². The zero-order valence-corrected chi connectivity index (χ0v) is 18.7. The molecule has 1 aromatic heterocycles. The standard InChI is InChI=1S/C23H40N6O/c1-2-3-16-30-23-26-21(24)20-22(27-23)29(17-25-20)13-7-8-18-11-14-28(15-12-18)19-9-5-4-6-10-19/h18-19,25H,2-17H2,1H3,(H2,24,26,27). The van der Waals surface area contributed by atoms with Crippen LogP contribution in [0, 0.1) is 5.92 Å². The van der Waals surface area contributed by atoms with Gasteiger partial charge in [0.2, 0.25) is 0 Å². The number of rotatable bonds is 9. The molecule has 0 bridgehead atoms. The van der Waals surface area contributed by atoms with Crippen molar-refractivity contribution < 1.29 is 4.74 Å². The minimum absolute atomic E-state index is 0.406. The van der Waals surface area contributed by atoms with Crippen molar-refractivity contribution >= 4 is 17.3 Å². The highest BCUT2D eigenvalue weighted by Crippen LogP contribution is 2.35. The molecule has 3 aliphatic rings. The van der Waals surface area contributed by atoms with Gasteiger partial charge in [-0.1, -0.05) is 32.6 Å². The van der Waals surface area contributed by atoms with Crippen molar-refractivity contribution in [2.45, 2.75) is 83.6 Å². The van der Waals surface area contributed by atoms with E-state index in [0.29, 0.717) is 18.4 Å². The van der Waals surface area contributed by atoms with Crippen LogP contribution >= 0.6 is 0 Å². The molecule has 30 heavy (non-hydrogen) atoms. The Balaban J connectivity index is 1.22. The molecule has 2 fully saturated rings. The van der Waals surface area contributed by atoms with Gasteiger partial charge in [0.15, 0.2) is 11.6 Å². The molecule has 0 atom stereocenters. The van der Waals surface area contributed by atoms with Crippen LogP contribution in [0.5, 0.6) is 6.01 Å². The summed E-state index contributed by atoms with van der Waals surface area (Å²) >= 11 is 0. The summed E-state index contributed by atoms with van der Waals surface area (Å²) < 4.78 is 5.70. The molecule has 0 spiro atoms. The van der Waals surface area contributed by atoms with Crippen LogP contribution in [0.25, 0.3) is 0 Å². The predicted molar refractivity (Wildman–Crippen MR) is 123 cm³/mol. The minimum Gasteiger partial charge on any atom is -0.463 e. The van der Waals surface area contributed by atoms with E-state index in [2.05, 4.69) is 32.0 Å². The number of unbranched alkanes of at least 4 members (excludes halogenated alkanes) is 1. The van der Waals surface area contributed by atoms with Crippen LogP contribution < -0.4 is 20.7 Å². The smallest absolute Gasteiger partial charge is 0.320 e. The van der Waals surface area contributed by atoms with Crippen LogP contribution in [0.1, 0.15) is 77.6 Å². The Morgan fingerprint density at radius 1 is 1.07 bits per heavy atom. The molecule has 0 amide bonds. The summed E-state index contributed by atoms with van der Waals surface area (Å²) in [6.07, 6.45) is 14.5. The fourth-order valence-electron chi connectivity index (χ4n) is 5.27. The van der Waals surface area contributed by atoms with Gasteiger partial charge in [0, 0.05) is 12.6 Å². The summed E-state index contributed by atoms with van der Waals surface area (Å²) in [6, 6.07) is 1.29. The summed E-state index contributed by atoms with van der Waals surface area (Å²) in [4.78, 5) is 14.0. The number of hydrogen-bond acceptors (Lipinski definition) is 7. The Kier molecular flexibility index (Phi) is 7.52. The van der Waals surface area contributed by atoms with E-state index in [1.807, 2.05) is 0 Å². The topological polar surface area (TPSA) is 79.5 Å². The van der Waals surface area contributed by atoms with Crippen molar-refractivity contribution in [3.63, 3.8) is 0 Å². The summed E-state index contributed by atoms with van der Waals surface area (Å²) in [5, 5.41) is 3.36. The van der Waals surface area contributed by atoms with Crippen LogP contribution in [-0.2, 0) is 0 Å². The second-order valence-corrected chi connectivity index (χ2v) is 9.30. The third-order valence-corrected chi connectivity index (χ3v) is 7.15. The quantitative estimate of drug-likeness (QED) is 0.583. The van der Waals surface area contributed by atoms with E-state index in [4.69, 9.17) is 10.5 Å². The second kappa shape index (κ2) is 10.5. The Morgan fingerprint density at radius 2 is 1.87 bits per heavy atom. The maximum absolute atomic E-state index is 6.13. The van der Waals surface area contributed by atoms with Crippen molar-refractivity contribution in [2.75, 3.05) is 48.9 Å². The fraction of sp³-hybridized carbons (Fsp3) is 0.826. The maximum Gasteiger partial charge on any atom is 0.320 e. The summed E-state index contributed by atoms with van der Waals surface area (Å²) in [5.74, 6) is 2.27. The molecule has 3 heterocycles. The first-order valence-electron chi connectivity index (χ1n) is 12.3. The number of nitrogens with two attached hydrogens (primary N) is 1. The number of aromatic nitrogens is 2. The molecule has 3 N–H and O–H groups in total. The van der Waals surface area contributed by atoms with E-state index >= 15 is 0 Å². The summed E-state index contributed by atoms with van der Waals surface area (Å²) in [5.41, 5.74) is 6.99. The third kappa shape index (κ3) is 5.29. The van der Waals surface area contributed by atoms with Crippen molar-refractivity contribution in [3.8, 4) is 6.01 Å². The average Bonchev–Trinajstić information content (AvgIpc) is 3.19. The number of ether oxygens (including phenoxy) is 1. The lowest BCUT2D eigenvalue weighted by Crippen LogP contribution is -2.42. The number of hydrogen-bond donors (Lipinski definition) is 2. The van der Waals surface area contributed by atoms with Gasteiger partial charge in [-0.25, -0.2) is 0 Å². The lowest BCUT2D eigenvalue weighted by Gasteiger charge is -2.39. The SMILES string of the molecule is CCCCOc1nc(N)c2c(n1)N(CCCC1CCN(C3CCCCC3)CC1)CN2. The molecule has 0 unspecified atom stereocenters. The molecule has 1 saturated carbocycles. The highest BCUT2D eigenvalue weighted by Gasteiger charge is 2.27. The van der Waals surface area contributed by atoms with Gasteiger partial charge < -0.3 is 25.6 Å². The first kappa shape index (κ1) is 21.5. The normalized spacial score (nSPS) is 20.9. The number of piperidine rings is 1. The number of nitrogens with zero attached hydrogens (tertiary/aromatic N) is 4. The maximum atomic E-state index is 6.13. The van der Waals surface area contributed by atoms with Crippen molar-refractivity contribution in [1.82, 2.24) is 14.9 Å². The second-order valence-electron chi connectivity index (χ2n) is 9.30. The van der Waals surface area contributed by atoms with Crippen molar-refractivity contribution in [3.05, 3.63) is 0 Å². The van der Waals surface area contributed by atoms with Crippen molar-refractivity contribution in [2.24, 2.45) is 5.92 Å². The molecule has 1 aliphatic carbocycles. The lowest BCUT2D eigenvalue weighted by atomic mass is 9.88. The molecular weight excluding hydrogens is 376 g/mol. The average molecular weight is 417 g/mol. The van der Waals surface area contributed by atoms with Gasteiger partial charge in [0.25, 0.3) is 0 Å². The van der Waals surface area contributed by atoms with Crippen LogP contribution in [0.3, 0.4) is 0 Å². The van der Waals surface area contributed by atoms with E-state index in [9.17, 15) is 0 Å². The summed E-state index contributed by atoms with van der Waals surface area (Å²) in [7, 11) is 0. The van der Waals surface area contributed by atoms with Gasteiger partial charge in [0.1, 0.15) is 5.69 Å². The molecule has 1 aromatic rings. The number of nitrogens with one attached hydrogen (secondary N) is 1. The van der Waals surface area contributed by atoms with E-state index in [1.165, 1.54) is 70.9 Å². The van der Waals surface area contributed by atoms with E-state index in [1.54, 1.807) is 0 Å². The molecule has 2 aliphatic heterocycles. The molecule has 4 rings (SSSR count). The van der Waals surface area contributed by atoms with Crippen LogP contribution in [0.15, 0.2) is 0 Å².